The average Bonchev–Trinajstić information content (AvgIpc) is 2.60. The van der Waals surface area contributed by atoms with Crippen LogP contribution in [0, 0.1) is 12.8 Å². The first-order valence-corrected chi connectivity index (χ1v) is 8.63. The lowest BCUT2D eigenvalue weighted by molar-refractivity contribution is 0.324. The highest BCUT2D eigenvalue weighted by atomic mass is 16.5. The largest absolute Gasteiger partial charge is 0.493 e. The molecule has 1 aromatic heterocycles. The number of methoxy groups -OCH3 is 3. The zero-order valence-corrected chi connectivity index (χ0v) is 16.3. The molecule has 0 fully saturated rings. The molecule has 7 heteroatoms. The van der Waals surface area contributed by atoms with Gasteiger partial charge in [0.1, 0.15) is 5.82 Å². The number of nitrogens with one attached hydrogen (secondary N) is 2. The van der Waals surface area contributed by atoms with Crippen LogP contribution >= 0.6 is 0 Å². The summed E-state index contributed by atoms with van der Waals surface area (Å²) in [5.41, 5.74) is 1.63. The molecule has 2 N–H and O–H groups in total. The molecule has 142 valence electrons. The molecule has 2 aromatic rings. The van der Waals surface area contributed by atoms with Crippen LogP contribution in [0.1, 0.15) is 26.0 Å². The van der Waals surface area contributed by atoms with Crippen molar-refractivity contribution in [3.05, 3.63) is 23.9 Å². The first-order valence-electron chi connectivity index (χ1n) is 8.63. The Morgan fingerprint density at radius 3 is 2.15 bits per heavy atom. The lowest BCUT2D eigenvalue weighted by Crippen LogP contribution is -2.08. The van der Waals surface area contributed by atoms with E-state index in [4.69, 9.17) is 14.2 Å². The number of ether oxygens (including phenoxy) is 3. The van der Waals surface area contributed by atoms with E-state index >= 15 is 0 Å². The molecule has 0 spiro atoms. The van der Waals surface area contributed by atoms with Gasteiger partial charge in [0.25, 0.3) is 0 Å². The maximum atomic E-state index is 5.38. The number of anilines is 3. The lowest BCUT2D eigenvalue weighted by atomic mass is 10.1. The number of rotatable bonds is 9. The number of benzene rings is 1. The van der Waals surface area contributed by atoms with E-state index in [0.717, 1.165) is 30.2 Å². The van der Waals surface area contributed by atoms with E-state index in [-0.39, 0.29) is 0 Å². The van der Waals surface area contributed by atoms with Crippen molar-refractivity contribution in [2.45, 2.75) is 27.2 Å². The fourth-order valence-electron chi connectivity index (χ4n) is 2.49. The van der Waals surface area contributed by atoms with Gasteiger partial charge in [0.2, 0.25) is 11.7 Å². The summed E-state index contributed by atoms with van der Waals surface area (Å²) in [6.45, 7) is 7.21. The van der Waals surface area contributed by atoms with E-state index in [1.165, 1.54) is 0 Å². The standard InChI is InChI=1S/C19H28N4O3/c1-12(2)7-8-20-17-9-13(3)21-19(23-17)22-14-10-15(24-4)18(26-6)16(11-14)25-5/h9-12H,7-8H2,1-6H3,(H2,20,21,22,23). The van der Waals surface area contributed by atoms with E-state index in [9.17, 15) is 0 Å². The van der Waals surface area contributed by atoms with Crippen LogP contribution in [-0.4, -0.2) is 37.8 Å². The van der Waals surface area contributed by atoms with Crippen LogP contribution in [0.5, 0.6) is 17.2 Å². The molecule has 7 nitrogen and oxygen atoms in total. The van der Waals surface area contributed by atoms with Gasteiger partial charge in [0, 0.05) is 36.1 Å². The summed E-state index contributed by atoms with van der Waals surface area (Å²) in [6.07, 6.45) is 1.08. The predicted octanol–water partition coefficient (Wildman–Crippen LogP) is 4.01. The molecule has 0 aliphatic carbocycles. The van der Waals surface area contributed by atoms with Crippen molar-refractivity contribution < 1.29 is 14.2 Å². The van der Waals surface area contributed by atoms with Gasteiger partial charge in [0.05, 0.1) is 21.3 Å². The third-order valence-corrected chi connectivity index (χ3v) is 3.80. The maximum absolute atomic E-state index is 5.38. The Labute approximate surface area is 155 Å². The van der Waals surface area contributed by atoms with Crippen LogP contribution in [0.25, 0.3) is 0 Å². The molecule has 0 atom stereocenters. The van der Waals surface area contributed by atoms with Crippen LogP contribution in [0.15, 0.2) is 18.2 Å². The summed E-state index contributed by atoms with van der Waals surface area (Å²) in [4.78, 5) is 8.98. The van der Waals surface area contributed by atoms with E-state index in [2.05, 4.69) is 34.4 Å². The number of nitrogens with zero attached hydrogens (tertiary/aromatic N) is 2. The van der Waals surface area contributed by atoms with E-state index in [1.54, 1.807) is 21.3 Å². The van der Waals surface area contributed by atoms with Crippen molar-refractivity contribution in [2.75, 3.05) is 38.5 Å². The van der Waals surface area contributed by atoms with Gasteiger partial charge in [-0.15, -0.1) is 0 Å². The summed E-state index contributed by atoms with van der Waals surface area (Å²) in [5.74, 6) is 3.62. The summed E-state index contributed by atoms with van der Waals surface area (Å²) in [7, 11) is 4.74. The Morgan fingerprint density at radius 2 is 1.62 bits per heavy atom. The monoisotopic (exact) mass is 360 g/mol. The minimum atomic E-state index is 0.506. The minimum absolute atomic E-state index is 0.506. The van der Waals surface area contributed by atoms with Gasteiger partial charge in [-0.1, -0.05) is 13.8 Å². The molecule has 0 saturated carbocycles. The molecule has 0 amide bonds. The Morgan fingerprint density at radius 1 is 0.962 bits per heavy atom. The van der Waals surface area contributed by atoms with Crippen LogP contribution in [-0.2, 0) is 0 Å². The van der Waals surface area contributed by atoms with Crippen molar-refractivity contribution in [1.82, 2.24) is 9.97 Å². The second kappa shape index (κ2) is 9.12. The Hall–Kier alpha value is -2.70. The number of aromatic nitrogens is 2. The molecule has 26 heavy (non-hydrogen) atoms. The molecule has 0 radical (unpaired) electrons. The zero-order chi connectivity index (χ0) is 19.1. The molecule has 1 aromatic carbocycles. The Kier molecular flexibility index (Phi) is 6.89. The quantitative estimate of drug-likeness (QED) is 0.699. The summed E-state index contributed by atoms with van der Waals surface area (Å²) >= 11 is 0. The number of hydrogen-bond donors (Lipinski definition) is 2. The molecule has 0 unspecified atom stereocenters. The molecule has 0 aliphatic rings. The van der Waals surface area contributed by atoms with Gasteiger partial charge in [-0.3, -0.25) is 0 Å². The molecule has 2 rings (SSSR count). The second-order valence-corrected chi connectivity index (χ2v) is 6.37. The van der Waals surface area contributed by atoms with Crippen molar-refractivity contribution in [1.29, 1.82) is 0 Å². The van der Waals surface area contributed by atoms with Crippen molar-refractivity contribution in [2.24, 2.45) is 5.92 Å². The summed E-state index contributed by atoms with van der Waals surface area (Å²) < 4.78 is 16.1. The molecule has 1 heterocycles. The van der Waals surface area contributed by atoms with Crippen LogP contribution in [0.4, 0.5) is 17.5 Å². The smallest absolute Gasteiger partial charge is 0.229 e. The highest BCUT2D eigenvalue weighted by Gasteiger charge is 2.14. The number of aryl methyl sites for hydroxylation is 1. The highest BCUT2D eigenvalue weighted by molar-refractivity contribution is 5.66. The Bertz CT molecular complexity index is 710. The lowest BCUT2D eigenvalue weighted by Gasteiger charge is -2.15. The second-order valence-electron chi connectivity index (χ2n) is 6.37. The van der Waals surface area contributed by atoms with E-state index in [1.807, 2.05) is 25.1 Å². The van der Waals surface area contributed by atoms with Gasteiger partial charge in [0.15, 0.2) is 11.5 Å². The van der Waals surface area contributed by atoms with Crippen molar-refractivity contribution >= 4 is 17.5 Å². The van der Waals surface area contributed by atoms with Gasteiger partial charge >= 0.3 is 0 Å². The molecular formula is C19H28N4O3. The molecule has 0 bridgehead atoms. The molecular weight excluding hydrogens is 332 g/mol. The average molecular weight is 360 g/mol. The van der Waals surface area contributed by atoms with E-state index < -0.39 is 0 Å². The summed E-state index contributed by atoms with van der Waals surface area (Å²) in [6, 6.07) is 5.57. The van der Waals surface area contributed by atoms with Crippen LogP contribution < -0.4 is 24.8 Å². The summed E-state index contributed by atoms with van der Waals surface area (Å²) in [5, 5.41) is 6.55. The first kappa shape index (κ1) is 19.6. The van der Waals surface area contributed by atoms with E-state index in [0.29, 0.717) is 29.1 Å². The SMILES string of the molecule is COc1cc(Nc2nc(C)cc(NCCC(C)C)n2)cc(OC)c1OC. The third-order valence-electron chi connectivity index (χ3n) is 3.80. The number of hydrogen-bond acceptors (Lipinski definition) is 7. The topological polar surface area (TPSA) is 77.5 Å². The van der Waals surface area contributed by atoms with Crippen LogP contribution in [0.3, 0.4) is 0 Å². The maximum Gasteiger partial charge on any atom is 0.229 e. The fraction of sp³-hybridized carbons (Fsp3) is 0.474. The normalized spacial score (nSPS) is 10.6. The van der Waals surface area contributed by atoms with Crippen molar-refractivity contribution in [3.63, 3.8) is 0 Å². The van der Waals surface area contributed by atoms with Crippen molar-refractivity contribution in [3.8, 4) is 17.2 Å². The molecule has 0 saturated heterocycles. The minimum Gasteiger partial charge on any atom is -0.493 e. The predicted molar refractivity (Wildman–Crippen MR) is 104 cm³/mol. The molecule has 0 aliphatic heterocycles. The van der Waals surface area contributed by atoms with Gasteiger partial charge in [-0.2, -0.15) is 4.98 Å². The fourth-order valence-corrected chi connectivity index (χ4v) is 2.49. The van der Waals surface area contributed by atoms with Crippen LogP contribution in [0.2, 0.25) is 0 Å². The zero-order valence-electron chi connectivity index (χ0n) is 16.3. The van der Waals surface area contributed by atoms with Gasteiger partial charge in [-0.25, -0.2) is 4.98 Å². The third kappa shape index (κ3) is 5.15. The Balaban J connectivity index is 2.23. The first-order chi connectivity index (χ1) is 12.5. The van der Waals surface area contributed by atoms with Gasteiger partial charge in [-0.05, 0) is 19.3 Å². The van der Waals surface area contributed by atoms with Gasteiger partial charge < -0.3 is 24.8 Å². The highest BCUT2D eigenvalue weighted by Crippen LogP contribution is 2.40.